The molecule has 0 saturated heterocycles. The molecule has 0 aliphatic carbocycles. The Kier molecular flexibility index (Phi) is 15.1. The lowest BCUT2D eigenvalue weighted by atomic mass is 10.1. The lowest BCUT2D eigenvalue weighted by molar-refractivity contribution is -0.169. The molecular formula is C39H49NO10. The van der Waals surface area contributed by atoms with Gasteiger partial charge < -0.3 is 33.7 Å². The summed E-state index contributed by atoms with van der Waals surface area (Å²) in [6, 6.07) is 23.5. The molecule has 0 aromatic heterocycles. The minimum atomic E-state index is -1.18. The summed E-state index contributed by atoms with van der Waals surface area (Å²) in [7, 11) is 0. The van der Waals surface area contributed by atoms with E-state index in [1.54, 1.807) is 59.7 Å². The number of carbonyl (C=O) groups is 4. The number of hydrogen-bond donors (Lipinski definition) is 1. The van der Waals surface area contributed by atoms with E-state index in [0.717, 1.165) is 11.1 Å². The van der Waals surface area contributed by atoms with Gasteiger partial charge in [0.15, 0.2) is 11.5 Å². The molecule has 0 spiro atoms. The number of esters is 3. The molecule has 0 aliphatic rings. The number of nitrogens with one attached hydrogen (secondary N) is 1. The monoisotopic (exact) mass is 691 g/mol. The van der Waals surface area contributed by atoms with E-state index in [1.165, 1.54) is 0 Å². The zero-order chi connectivity index (χ0) is 36.6. The number of unbranched alkanes of at least 4 members (excludes halogenated alkanes) is 1. The molecule has 0 fully saturated rings. The van der Waals surface area contributed by atoms with Gasteiger partial charge in [0.25, 0.3) is 0 Å². The molecule has 0 saturated carbocycles. The summed E-state index contributed by atoms with van der Waals surface area (Å²) >= 11 is 0. The molecule has 3 rings (SSSR count). The van der Waals surface area contributed by atoms with Gasteiger partial charge in [0.1, 0.15) is 30.5 Å². The zero-order valence-electron chi connectivity index (χ0n) is 29.8. The van der Waals surface area contributed by atoms with Gasteiger partial charge in [0, 0.05) is 19.3 Å². The van der Waals surface area contributed by atoms with Gasteiger partial charge in [-0.3, -0.25) is 9.59 Å². The Balaban J connectivity index is 1.66. The van der Waals surface area contributed by atoms with Crippen LogP contribution in [-0.4, -0.2) is 48.0 Å². The van der Waals surface area contributed by atoms with E-state index in [4.69, 9.17) is 28.4 Å². The van der Waals surface area contributed by atoms with E-state index >= 15 is 0 Å². The fourth-order valence-electron chi connectivity index (χ4n) is 4.52. The summed E-state index contributed by atoms with van der Waals surface area (Å²) in [4.78, 5) is 50.0. The van der Waals surface area contributed by atoms with E-state index in [-0.39, 0.29) is 31.8 Å². The van der Waals surface area contributed by atoms with Crippen LogP contribution in [0.3, 0.4) is 0 Å². The van der Waals surface area contributed by atoms with Crippen molar-refractivity contribution in [1.29, 1.82) is 0 Å². The Morgan fingerprint density at radius 2 is 1.16 bits per heavy atom. The first kappa shape index (κ1) is 39.4. The normalized spacial score (nSPS) is 11.9. The molecule has 1 atom stereocenters. The maximum absolute atomic E-state index is 13.2. The third kappa shape index (κ3) is 15.9. The summed E-state index contributed by atoms with van der Waals surface area (Å²) in [5.41, 5.74) is 1.19. The van der Waals surface area contributed by atoms with Gasteiger partial charge in [-0.05, 0) is 83.2 Å². The second kappa shape index (κ2) is 19.2. The van der Waals surface area contributed by atoms with Crippen LogP contribution in [0.1, 0.15) is 83.9 Å². The molecule has 0 radical (unpaired) electrons. The summed E-state index contributed by atoms with van der Waals surface area (Å²) in [6.07, 6.45) is 0.246. The van der Waals surface area contributed by atoms with Crippen molar-refractivity contribution in [2.24, 2.45) is 0 Å². The van der Waals surface area contributed by atoms with Crippen LogP contribution >= 0.6 is 0 Å². The van der Waals surface area contributed by atoms with Crippen molar-refractivity contribution in [3.8, 4) is 11.5 Å². The first-order valence-electron chi connectivity index (χ1n) is 16.7. The second-order valence-electron chi connectivity index (χ2n) is 13.6. The number of ether oxygens (including phenoxy) is 6. The maximum atomic E-state index is 13.2. The van der Waals surface area contributed by atoms with Crippen LogP contribution < -0.4 is 14.8 Å². The van der Waals surface area contributed by atoms with Crippen molar-refractivity contribution in [3.63, 3.8) is 0 Å². The molecule has 11 nitrogen and oxygen atoms in total. The fourth-order valence-corrected chi connectivity index (χ4v) is 4.52. The van der Waals surface area contributed by atoms with Crippen LogP contribution in [0.4, 0.5) is 4.79 Å². The lowest BCUT2D eigenvalue weighted by Crippen LogP contribution is -2.45. The topological polar surface area (TPSA) is 136 Å². The summed E-state index contributed by atoms with van der Waals surface area (Å²) in [5.74, 6) is -0.805. The van der Waals surface area contributed by atoms with Crippen molar-refractivity contribution < 1.29 is 47.6 Å². The molecule has 1 amide bonds. The minimum Gasteiger partial charge on any atom is -0.485 e. The Morgan fingerprint density at radius 3 is 1.72 bits per heavy atom. The Morgan fingerprint density at radius 1 is 0.620 bits per heavy atom. The summed E-state index contributed by atoms with van der Waals surface area (Å²) < 4.78 is 33.2. The molecule has 0 aliphatic heterocycles. The molecular weight excluding hydrogens is 642 g/mol. The van der Waals surface area contributed by atoms with Gasteiger partial charge in [-0.25, -0.2) is 9.59 Å². The number of alkyl carbamates (subject to hydrolysis) is 1. The number of amides is 1. The molecule has 3 aromatic rings. The maximum Gasteiger partial charge on any atom is 0.408 e. The highest BCUT2D eigenvalue weighted by atomic mass is 16.7. The number of hydrogen-bond acceptors (Lipinski definition) is 10. The fraction of sp³-hybridized carbons (Fsp3) is 0.436. The molecule has 0 unspecified atom stereocenters. The van der Waals surface area contributed by atoms with Gasteiger partial charge in [0.05, 0.1) is 0 Å². The van der Waals surface area contributed by atoms with Crippen LogP contribution in [0.15, 0.2) is 78.9 Å². The smallest absolute Gasteiger partial charge is 0.408 e. The van der Waals surface area contributed by atoms with Crippen LogP contribution in [0.25, 0.3) is 0 Å². The Labute approximate surface area is 294 Å². The third-order valence-corrected chi connectivity index (χ3v) is 6.75. The minimum absolute atomic E-state index is 0.0113. The van der Waals surface area contributed by atoms with Crippen LogP contribution in [0.5, 0.6) is 11.5 Å². The van der Waals surface area contributed by atoms with Gasteiger partial charge in [-0.2, -0.15) is 0 Å². The highest BCUT2D eigenvalue weighted by Gasteiger charge is 2.27. The van der Waals surface area contributed by atoms with Crippen molar-refractivity contribution in [2.75, 3.05) is 6.79 Å². The predicted molar refractivity (Wildman–Crippen MR) is 186 cm³/mol. The van der Waals surface area contributed by atoms with Crippen LogP contribution in [0.2, 0.25) is 0 Å². The molecule has 0 heterocycles. The summed E-state index contributed by atoms with van der Waals surface area (Å²) in [5, 5.41) is 2.57. The highest BCUT2D eigenvalue weighted by Crippen LogP contribution is 2.31. The quantitative estimate of drug-likeness (QED) is 0.0669. The molecule has 50 heavy (non-hydrogen) atoms. The van der Waals surface area contributed by atoms with Crippen molar-refractivity contribution in [1.82, 2.24) is 5.32 Å². The van der Waals surface area contributed by atoms with Crippen molar-refractivity contribution in [2.45, 2.75) is 104 Å². The molecule has 11 heteroatoms. The highest BCUT2D eigenvalue weighted by molar-refractivity contribution is 5.82. The molecule has 270 valence electrons. The average molecular weight is 692 g/mol. The van der Waals surface area contributed by atoms with Crippen LogP contribution in [0, 0.1) is 0 Å². The van der Waals surface area contributed by atoms with Crippen LogP contribution in [-0.2, 0) is 53.0 Å². The van der Waals surface area contributed by atoms with Crippen molar-refractivity contribution in [3.05, 3.63) is 95.6 Å². The molecule has 1 N–H and O–H groups in total. The van der Waals surface area contributed by atoms with Crippen molar-refractivity contribution >= 4 is 24.0 Å². The molecule has 0 bridgehead atoms. The number of rotatable bonds is 17. The van der Waals surface area contributed by atoms with E-state index in [1.807, 2.05) is 60.7 Å². The van der Waals surface area contributed by atoms with Gasteiger partial charge in [0.2, 0.25) is 6.79 Å². The Bertz CT molecular complexity index is 1530. The SMILES string of the molecule is CC(C)(C)OC(=O)CCCCC(=O)OCOC(=O)[C@H](Cc1ccc(OCc2ccccc2)c(OCc2ccccc2)c1)NC(=O)OC(C)(C)C. The molecule has 3 aromatic carbocycles. The first-order chi connectivity index (χ1) is 23.7. The van der Waals surface area contributed by atoms with E-state index in [2.05, 4.69) is 5.32 Å². The largest absolute Gasteiger partial charge is 0.485 e. The zero-order valence-corrected chi connectivity index (χ0v) is 29.8. The van der Waals surface area contributed by atoms with E-state index in [0.29, 0.717) is 36.5 Å². The van der Waals surface area contributed by atoms with Gasteiger partial charge in [-0.15, -0.1) is 0 Å². The summed E-state index contributed by atoms with van der Waals surface area (Å²) in [6.45, 7) is 10.4. The van der Waals surface area contributed by atoms with E-state index in [9.17, 15) is 19.2 Å². The Hall–Kier alpha value is -5.06. The van der Waals surface area contributed by atoms with Gasteiger partial charge >= 0.3 is 24.0 Å². The van der Waals surface area contributed by atoms with Gasteiger partial charge in [-0.1, -0.05) is 66.7 Å². The first-order valence-corrected chi connectivity index (χ1v) is 16.7. The predicted octanol–water partition coefficient (Wildman–Crippen LogP) is 7.23. The van der Waals surface area contributed by atoms with E-state index < -0.39 is 42.1 Å². The third-order valence-electron chi connectivity index (χ3n) is 6.75. The second-order valence-corrected chi connectivity index (χ2v) is 13.6. The number of benzene rings is 3. The standard InChI is InChI=1S/C39H49NO10/c1-38(2,3)49-35(42)20-14-13-19-34(41)47-27-48-36(43)31(40-37(44)50-39(4,5)6)23-30-21-22-32(45-25-28-15-9-7-10-16-28)33(24-30)46-26-29-17-11-8-12-18-29/h7-12,15-18,21-22,24,31H,13-14,19-20,23,25-27H2,1-6H3,(H,40,44)/t31-/m0/s1. The average Bonchev–Trinajstić information content (AvgIpc) is 3.04. The lowest BCUT2D eigenvalue weighted by Gasteiger charge is -2.23. The number of carbonyl (C=O) groups excluding carboxylic acids is 4.